The molecule has 0 saturated carbocycles. The lowest BCUT2D eigenvalue weighted by atomic mass is 10.1. The molecule has 0 radical (unpaired) electrons. The van der Waals surface area contributed by atoms with Crippen LogP contribution in [0.2, 0.25) is 0 Å². The monoisotopic (exact) mass is 440 g/mol. The van der Waals surface area contributed by atoms with E-state index in [9.17, 15) is 13.2 Å². The van der Waals surface area contributed by atoms with E-state index >= 15 is 0 Å². The molecule has 7 nitrogen and oxygen atoms in total. The van der Waals surface area contributed by atoms with Gasteiger partial charge in [0.2, 0.25) is 10.0 Å². The van der Waals surface area contributed by atoms with Gasteiger partial charge in [-0.25, -0.2) is 13.1 Å². The summed E-state index contributed by atoms with van der Waals surface area (Å²) in [5.74, 6) is 0.685. The van der Waals surface area contributed by atoms with Gasteiger partial charge in [-0.3, -0.25) is 4.79 Å². The van der Waals surface area contributed by atoms with Gasteiger partial charge >= 0.3 is 0 Å². The second-order valence-electron chi connectivity index (χ2n) is 6.85. The van der Waals surface area contributed by atoms with Gasteiger partial charge in [-0.15, -0.1) is 0 Å². The van der Waals surface area contributed by atoms with E-state index in [4.69, 9.17) is 9.47 Å². The number of nitrogens with one attached hydrogen (secondary N) is 2. The highest BCUT2D eigenvalue weighted by atomic mass is 32.2. The lowest BCUT2D eigenvalue weighted by molar-refractivity contribution is 0.102. The topological polar surface area (TPSA) is 93.7 Å². The summed E-state index contributed by atoms with van der Waals surface area (Å²) in [7, 11) is -0.798. The van der Waals surface area contributed by atoms with Crippen molar-refractivity contribution >= 4 is 21.6 Å². The van der Waals surface area contributed by atoms with Crippen LogP contribution in [-0.4, -0.2) is 28.5 Å². The lowest BCUT2D eigenvalue weighted by Gasteiger charge is -2.13. The fraction of sp³-hybridized carbons (Fsp3) is 0.174. The number of hydrogen-bond donors (Lipinski definition) is 2. The van der Waals surface area contributed by atoms with Crippen molar-refractivity contribution in [2.45, 2.75) is 18.4 Å². The molecule has 0 heterocycles. The van der Waals surface area contributed by atoms with Crippen LogP contribution in [0.25, 0.3) is 0 Å². The first-order chi connectivity index (χ1) is 14.8. The van der Waals surface area contributed by atoms with E-state index in [0.717, 1.165) is 11.1 Å². The molecule has 0 aliphatic heterocycles. The summed E-state index contributed by atoms with van der Waals surface area (Å²) >= 11 is 0. The molecule has 3 rings (SSSR count). The first-order valence-corrected chi connectivity index (χ1v) is 11.0. The van der Waals surface area contributed by atoms with E-state index < -0.39 is 10.0 Å². The van der Waals surface area contributed by atoms with Gasteiger partial charge < -0.3 is 14.8 Å². The summed E-state index contributed by atoms with van der Waals surface area (Å²) in [5, 5.41) is 2.73. The highest BCUT2D eigenvalue weighted by Crippen LogP contribution is 2.28. The van der Waals surface area contributed by atoms with Crippen LogP contribution in [0.3, 0.4) is 0 Å². The molecular formula is C23H24N2O5S. The van der Waals surface area contributed by atoms with E-state index in [0.29, 0.717) is 17.1 Å². The van der Waals surface area contributed by atoms with Gasteiger partial charge in [-0.05, 0) is 55.0 Å². The largest absolute Gasteiger partial charge is 0.497 e. The Labute approximate surface area is 182 Å². The third-order valence-corrected chi connectivity index (χ3v) is 6.07. The Balaban J connectivity index is 1.78. The Bertz CT molecular complexity index is 1160. The average Bonchev–Trinajstić information content (AvgIpc) is 2.78. The van der Waals surface area contributed by atoms with E-state index in [1.54, 1.807) is 43.5 Å². The molecule has 31 heavy (non-hydrogen) atoms. The van der Waals surface area contributed by atoms with Crippen LogP contribution in [0.1, 0.15) is 21.5 Å². The summed E-state index contributed by atoms with van der Waals surface area (Å²) in [6.07, 6.45) is 0. The third kappa shape index (κ3) is 5.62. The second-order valence-corrected chi connectivity index (χ2v) is 8.62. The molecule has 0 unspecified atom stereocenters. The number of carbonyl (C=O) groups excluding carboxylic acids is 1. The third-order valence-electron chi connectivity index (χ3n) is 4.67. The molecule has 0 aliphatic rings. The van der Waals surface area contributed by atoms with Crippen LogP contribution in [0.15, 0.2) is 71.6 Å². The SMILES string of the molecule is COc1ccc(CNS(=O)(=O)c2ccc(OC)c(NC(=O)c3ccc(C)cc3)c2)cc1. The number of hydrogen-bond acceptors (Lipinski definition) is 5. The molecule has 3 aromatic rings. The summed E-state index contributed by atoms with van der Waals surface area (Å²) in [5.41, 5.74) is 2.54. The molecule has 0 fully saturated rings. The van der Waals surface area contributed by atoms with Crippen LogP contribution in [0.4, 0.5) is 5.69 Å². The van der Waals surface area contributed by atoms with Crippen LogP contribution < -0.4 is 19.5 Å². The number of carbonyl (C=O) groups is 1. The number of sulfonamides is 1. The van der Waals surface area contributed by atoms with Crippen molar-refractivity contribution in [2.24, 2.45) is 0 Å². The molecule has 0 spiro atoms. The normalized spacial score (nSPS) is 11.1. The van der Waals surface area contributed by atoms with E-state index in [1.165, 1.54) is 25.3 Å². The van der Waals surface area contributed by atoms with Crippen molar-refractivity contribution in [2.75, 3.05) is 19.5 Å². The fourth-order valence-corrected chi connectivity index (χ4v) is 3.90. The number of aryl methyl sites for hydroxylation is 1. The molecule has 162 valence electrons. The van der Waals surface area contributed by atoms with Crippen LogP contribution in [0, 0.1) is 6.92 Å². The molecular weight excluding hydrogens is 416 g/mol. The van der Waals surface area contributed by atoms with Crippen molar-refractivity contribution < 1.29 is 22.7 Å². The minimum atomic E-state index is -3.82. The zero-order valence-electron chi connectivity index (χ0n) is 17.5. The zero-order valence-corrected chi connectivity index (χ0v) is 18.3. The molecule has 0 atom stereocenters. The Morgan fingerprint density at radius 2 is 1.58 bits per heavy atom. The summed E-state index contributed by atoms with van der Waals surface area (Å²) < 4.78 is 38.5. The smallest absolute Gasteiger partial charge is 0.255 e. The predicted octanol–water partition coefficient (Wildman–Crippen LogP) is 3.74. The Kier molecular flexibility index (Phi) is 6.94. The van der Waals surface area contributed by atoms with E-state index in [-0.39, 0.29) is 23.0 Å². The molecule has 8 heteroatoms. The molecule has 0 aliphatic carbocycles. The van der Waals surface area contributed by atoms with Gasteiger partial charge in [-0.1, -0.05) is 29.8 Å². The minimum Gasteiger partial charge on any atom is -0.497 e. The van der Waals surface area contributed by atoms with Crippen LogP contribution in [0.5, 0.6) is 11.5 Å². The maximum atomic E-state index is 12.8. The predicted molar refractivity (Wildman–Crippen MR) is 119 cm³/mol. The number of benzene rings is 3. The van der Waals surface area contributed by atoms with Gasteiger partial charge in [-0.2, -0.15) is 0 Å². The average molecular weight is 441 g/mol. The first kappa shape index (κ1) is 22.3. The number of methoxy groups -OCH3 is 2. The van der Waals surface area contributed by atoms with Crippen molar-refractivity contribution in [1.82, 2.24) is 4.72 Å². The highest BCUT2D eigenvalue weighted by molar-refractivity contribution is 7.89. The van der Waals surface area contributed by atoms with Crippen molar-refractivity contribution in [1.29, 1.82) is 0 Å². The van der Waals surface area contributed by atoms with Gasteiger partial charge in [0.1, 0.15) is 11.5 Å². The quantitative estimate of drug-likeness (QED) is 0.557. The maximum Gasteiger partial charge on any atom is 0.255 e. The number of amides is 1. The second kappa shape index (κ2) is 9.63. The van der Waals surface area contributed by atoms with Crippen molar-refractivity contribution in [3.05, 3.63) is 83.4 Å². The van der Waals surface area contributed by atoms with Gasteiger partial charge in [0.15, 0.2) is 0 Å². The Hall–Kier alpha value is -3.36. The maximum absolute atomic E-state index is 12.8. The molecule has 0 aromatic heterocycles. The summed E-state index contributed by atoms with van der Waals surface area (Å²) in [4.78, 5) is 12.6. The van der Waals surface area contributed by atoms with Gasteiger partial charge in [0.25, 0.3) is 5.91 Å². The highest BCUT2D eigenvalue weighted by Gasteiger charge is 2.18. The molecule has 0 saturated heterocycles. The molecule has 0 bridgehead atoms. The standard InChI is InChI=1S/C23H24N2O5S/c1-16-4-8-18(9-5-16)23(26)25-21-14-20(12-13-22(21)30-3)31(27,28)24-15-17-6-10-19(29-2)11-7-17/h4-14,24H,15H2,1-3H3,(H,25,26). The molecule has 2 N–H and O–H groups in total. The van der Waals surface area contributed by atoms with Crippen LogP contribution in [-0.2, 0) is 16.6 Å². The molecule has 1 amide bonds. The first-order valence-electron chi connectivity index (χ1n) is 9.51. The van der Waals surface area contributed by atoms with Gasteiger partial charge in [0, 0.05) is 12.1 Å². The number of rotatable bonds is 8. The molecule has 3 aromatic carbocycles. The fourth-order valence-electron chi connectivity index (χ4n) is 2.86. The number of ether oxygens (including phenoxy) is 2. The summed E-state index contributed by atoms with van der Waals surface area (Å²) in [6, 6.07) is 18.5. The summed E-state index contributed by atoms with van der Waals surface area (Å²) in [6.45, 7) is 2.04. The van der Waals surface area contributed by atoms with E-state index in [2.05, 4.69) is 10.0 Å². The number of anilines is 1. The van der Waals surface area contributed by atoms with E-state index in [1.807, 2.05) is 19.1 Å². The lowest BCUT2D eigenvalue weighted by Crippen LogP contribution is -2.23. The minimum absolute atomic E-state index is 0.0148. The Morgan fingerprint density at radius 1 is 0.903 bits per heavy atom. The van der Waals surface area contributed by atoms with Crippen molar-refractivity contribution in [3.8, 4) is 11.5 Å². The Morgan fingerprint density at radius 3 is 2.19 bits per heavy atom. The zero-order chi connectivity index (χ0) is 22.4. The van der Waals surface area contributed by atoms with Crippen molar-refractivity contribution in [3.63, 3.8) is 0 Å². The van der Waals surface area contributed by atoms with Gasteiger partial charge in [0.05, 0.1) is 24.8 Å². The van der Waals surface area contributed by atoms with Crippen LogP contribution >= 0.6 is 0 Å².